The first kappa shape index (κ1) is 45.6. The summed E-state index contributed by atoms with van der Waals surface area (Å²) in [5.74, 6) is -0.635. The van der Waals surface area contributed by atoms with Crippen LogP contribution in [-0.2, 0) is 19.1 Å². The van der Waals surface area contributed by atoms with Gasteiger partial charge in [-0.05, 0) is 83.5 Å². The number of esters is 2. The molecule has 0 aromatic rings. The first-order chi connectivity index (χ1) is 23.6. The fraction of sp³-hybridized carbons (Fsp3) is 0.721. The molecular formula is C43H74O5. The molecule has 276 valence electrons. The predicted octanol–water partition coefficient (Wildman–Crippen LogP) is 12.4. The number of carbonyl (C=O) groups excluding carboxylic acids is 2. The number of aliphatic hydroxyl groups excluding tert-OH is 1. The largest absolute Gasteiger partial charge is 0.462 e. The van der Waals surface area contributed by atoms with Gasteiger partial charge in [-0.15, -0.1) is 0 Å². The van der Waals surface area contributed by atoms with Gasteiger partial charge in [0.2, 0.25) is 0 Å². The van der Waals surface area contributed by atoms with E-state index in [1.165, 1.54) is 89.9 Å². The van der Waals surface area contributed by atoms with Gasteiger partial charge in [-0.1, -0.05) is 145 Å². The Bertz CT molecular complexity index is 853. The molecule has 0 heterocycles. The molecule has 0 saturated carbocycles. The van der Waals surface area contributed by atoms with Crippen LogP contribution in [0.1, 0.15) is 181 Å². The van der Waals surface area contributed by atoms with E-state index >= 15 is 0 Å². The second-order valence-corrected chi connectivity index (χ2v) is 13.0. The highest BCUT2D eigenvalue weighted by atomic mass is 16.6. The molecule has 1 atom stereocenters. The Hall–Kier alpha value is -2.40. The number of ether oxygens (including phenoxy) is 2. The zero-order chi connectivity index (χ0) is 35.0. The molecule has 0 aromatic carbocycles. The molecule has 0 bridgehead atoms. The summed E-state index contributed by atoms with van der Waals surface area (Å²) in [4.78, 5) is 24.2. The lowest BCUT2D eigenvalue weighted by Crippen LogP contribution is -2.28. The van der Waals surface area contributed by atoms with Crippen LogP contribution < -0.4 is 0 Å². The highest BCUT2D eigenvalue weighted by Gasteiger charge is 2.16. The average Bonchev–Trinajstić information content (AvgIpc) is 3.09. The van der Waals surface area contributed by atoms with Crippen molar-refractivity contribution in [1.29, 1.82) is 0 Å². The summed E-state index contributed by atoms with van der Waals surface area (Å²) >= 11 is 0. The van der Waals surface area contributed by atoms with E-state index in [-0.39, 0.29) is 25.2 Å². The summed E-state index contributed by atoms with van der Waals surface area (Å²) in [6.45, 7) is 4.06. The Morgan fingerprint density at radius 2 is 0.833 bits per heavy atom. The Morgan fingerprint density at radius 3 is 1.33 bits per heavy atom. The molecule has 0 aliphatic rings. The van der Waals surface area contributed by atoms with Crippen molar-refractivity contribution in [3.8, 4) is 0 Å². The smallest absolute Gasteiger partial charge is 0.306 e. The number of aliphatic hydroxyl groups is 1. The van der Waals surface area contributed by atoms with Crippen LogP contribution in [0.25, 0.3) is 0 Å². The van der Waals surface area contributed by atoms with E-state index in [9.17, 15) is 14.7 Å². The van der Waals surface area contributed by atoms with Crippen LogP contribution in [0.15, 0.2) is 60.8 Å². The molecule has 0 saturated heterocycles. The van der Waals surface area contributed by atoms with Crippen LogP contribution in [0.4, 0.5) is 0 Å². The Labute approximate surface area is 296 Å². The summed E-state index contributed by atoms with van der Waals surface area (Å²) in [5, 5.41) is 9.55. The molecule has 5 heteroatoms. The second kappa shape index (κ2) is 39.0. The van der Waals surface area contributed by atoms with Gasteiger partial charge >= 0.3 is 11.9 Å². The summed E-state index contributed by atoms with van der Waals surface area (Å²) in [6.07, 6.45) is 49.9. The molecule has 0 rings (SSSR count). The van der Waals surface area contributed by atoms with Crippen molar-refractivity contribution in [2.24, 2.45) is 0 Å². The van der Waals surface area contributed by atoms with Crippen molar-refractivity contribution >= 4 is 11.9 Å². The minimum absolute atomic E-state index is 0.0860. The monoisotopic (exact) mass is 671 g/mol. The summed E-state index contributed by atoms with van der Waals surface area (Å²) in [7, 11) is 0. The maximum Gasteiger partial charge on any atom is 0.306 e. The molecule has 48 heavy (non-hydrogen) atoms. The van der Waals surface area contributed by atoms with Crippen LogP contribution in [0.2, 0.25) is 0 Å². The predicted molar refractivity (Wildman–Crippen MR) is 205 cm³/mol. The molecule has 0 spiro atoms. The topological polar surface area (TPSA) is 72.8 Å². The number of hydrogen-bond donors (Lipinski definition) is 1. The molecule has 1 N–H and O–H groups in total. The zero-order valence-electron chi connectivity index (χ0n) is 31.2. The summed E-state index contributed by atoms with van der Waals surface area (Å²) < 4.78 is 10.6. The molecule has 0 aliphatic heterocycles. The van der Waals surface area contributed by atoms with Gasteiger partial charge in [0, 0.05) is 12.8 Å². The van der Waals surface area contributed by atoms with Crippen molar-refractivity contribution in [3.05, 3.63) is 60.8 Å². The van der Waals surface area contributed by atoms with Gasteiger partial charge in [0.25, 0.3) is 0 Å². The van der Waals surface area contributed by atoms with Gasteiger partial charge in [-0.25, -0.2) is 0 Å². The molecule has 0 radical (unpaired) electrons. The summed E-state index contributed by atoms with van der Waals surface area (Å²) in [5.41, 5.74) is 0. The minimum atomic E-state index is -0.788. The zero-order valence-corrected chi connectivity index (χ0v) is 31.2. The number of hydrogen-bond acceptors (Lipinski definition) is 5. The van der Waals surface area contributed by atoms with Crippen LogP contribution in [0.3, 0.4) is 0 Å². The van der Waals surface area contributed by atoms with Crippen molar-refractivity contribution in [2.45, 2.75) is 187 Å². The third-order valence-corrected chi connectivity index (χ3v) is 8.28. The van der Waals surface area contributed by atoms with E-state index < -0.39 is 6.10 Å². The first-order valence-corrected chi connectivity index (χ1v) is 19.8. The van der Waals surface area contributed by atoms with Crippen molar-refractivity contribution in [1.82, 2.24) is 0 Å². The van der Waals surface area contributed by atoms with Crippen LogP contribution in [0, 0.1) is 0 Å². The number of rotatable bonds is 35. The average molecular weight is 671 g/mol. The van der Waals surface area contributed by atoms with Crippen LogP contribution in [0.5, 0.6) is 0 Å². The van der Waals surface area contributed by atoms with E-state index in [4.69, 9.17) is 9.47 Å². The van der Waals surface area contributed by atoms with E-state index in [0.717, 1.165) is 64.2 Å². The molecule has 0 aliphatic carbocycles. The van der Waals surface area contributed by atoms with Gasteiger partial charge in [0.1, 0.15) is 6.61 Å². The third-order valence-electron chi connectivity index (χ3n) is 8.28. The molecule has 1 unspecified atom stereocenters. The highest BCUT2D eigenvalue weighted by Crippen LogP contribution is 2.12. The Kier molecular flexibility index (Phi) is 37.1. The van der Waals surface area contributed by atoms with Gasteiger partial charge in [-0.2, -0.15) is 0 Å². The lowest BCUT2D eigenvalue weighted by Gasteiger charge is -2.15. The van der Waals surface area contributed by atoms with E-state index in [2.05, 4.69) is 74.6 Å². The van der Waals surface area contributed by atoms with Gasteiger partial charge in [0.05, 0.1) is 6.61 Å². The molecular weight excluding hydrogens is 596 g/mol. The SMILES string of the molecule is CCCCCC=CCC=CCC=CCC=CCCCCCC(=O)OCC(CO)OC(=O)CCCCCCCCCC=CCCCCCC. The van der Waals surface area contributed by atoms with Crippen molar-refractivity contribution < 1.29 is 24.2 Å². The standard InChI is InChI=1S/C43H74O5/c1-3-5-7-9-11-13-15-17-19-20-21-22-24-25-27-29-31-33-35-37-42(45)47-40-41(39-44)48-43(46)38-36-34-32-30-28-26-23-18-16-14-12-10-8-6-4-2/h11,13-14,16-17,19,21-22,25,27,41,44H,3-10,12,15,18,20,23-24,26,28-40H2,1-2H3. The fourth-order valence-corrected chi connectivity index (χ4v) is 5.24. The number of unbranched alkanes of at least 4 members (excludes halogenated alkanes) is 17. The van der Waals surface area contributed by atoms with Gasteiger partial charge in [0.15, 0.2) is 6.10 Å². The molecule has 0 amide bonds. The van der Waals surface area contributed by atoms with E-state index in [0.29, 0.717) is 12.8 Å². The van der Waals surface area contributed by atoms with Gasteiger partial charge in [-0.3, -0.25) is 9.59 Å². The normalized spacial score (nSPS) is 12.8. The molecule has 0 aromatic heterocycles. The summed E-state index contributed by atoms with van der Waals surface area (Å²) in [6, 6.07) is 0. The maximum absolute atomic E-state index is 12.2. The third kappa shape index (κ3) is 36.4. The first-order valence-electron chi connectivity index (χ1n) is 19.8. The maximum atomic E-state index is 12.2. The minimum Gasteiger partial charge on any atom is -0.462 e. The van der Waals surface area contributed by atoms with Crippen molar-refractivity contribution in [2.75, 3.05) is 13.2 Å². The molecule has 5 nitrogen and oxygen atoms in total. The van der Waals surface area contributed by atoms with E-state index in [1.807, 2.05) is 0 Å². The second-order valence-electron chi connectivity index (χ2n) is 13.0. The van der Waals surface area contributed by atoms with E-state index in [1.54, 1.807) is 0 Å². The van der Waals surface area contributed by atoms with Gasteiger partial charge < -0.3 is 14.6 Å². The van der Waals surface area contributed by atoms with Crippen LogP contribution in [-0.4, -0.2) is 36.4 Å². The Balaban J connectivity index is 3.65. The highest BCUT2D eigenvalue weighted by molar-refractivity contribution is 5.70. The lowest BCUT2D eigenvalue weighted by molar-refractivity contribution is -0.161. The van der Waals surface area contributed by atoms with Crippen LogP contribution >= 0.6 is 0 Å². The fourth-order valence-electron chi connectivity index (χ4n) is 5.24. The number of carbonyl (C=O) groups is 2. The number of allylic oxidation sites excluding steroid dienone is 10. The molecule has 0 fully saturated rings. The lowest BCUT2D eigenvalue weighted by atomic mass is 10.1. The Morgan fingerprint density at radius 1 is 0.479 bits per heavy atom. The quantitative estimate of drug-likeness (QED) is 0.0413. The van der Waals surface area contributed by atoms with Crippen molar-refractivity contribution in [3.63, 3.8) is 0 Å².